The number of aliphatic hydroxyl groups is 7. The Hall–Kier alpha value is -0.930. The molecule has 0 saturated carbocycles. The van der Waals surface area contributed by atoms with Crippen molar-refractivity contribution < 1.29 is 59.9 Å². The van der Waals surface area contributed by atoms with Crippen molar-refractivity contribution >= 4 is 5.97 Å². The Labute approximate surface area is 166 Å². The van der Waals surface area contributed by atoms with E-state index in [0.29, 0.717) is 0 Å². The first-order valence-corrected chi connectivity index (χ1v) is 9.35. The van der Waals surface area contributed by atoms with E-state index in [-0.39, 0.29) is 0 Å². The van der Waals surface area contributed by atoms with Gasteiger partial charge in [-0.3, -0.25) is 0 Å². The monoisotopic (exact) mass is 426 g/mol. The molecule has 0 aromatic heterocycles. The molecular weight excluding hydrogens is 396 g/mol. The van der Waals surface area contributed by atoms with Gasteiger partial charge >= 0.3 is 5.97 Å². The maximum Gasteiger partial charge on any atom is 0.364 e. The lowest BCUT2D eigenvalue weighted by molar-refractivity contribution is -0.329. The van der Waals surface area contributed by atoms with Gasteiger partial charge in [0.2, 0.25) is 0 Å². The standard InChI is InChI=1S/C17H30O12/c1-6-8(19)3-17(16(25)26,29-15(6)12(22)9(20)4-18)27-5-10-13(23)14(24)11(21)7(2)28-10/h6-15,18-24H,3-5H2,1-2H3,(H,25,26)/t6-,7+,8-,9-,10?,11?,12-,13-,14-,15?,17-/m1/s1. The van der Waals surface area contributed by atoms with Crippen LogP contribution in [0.15, 0.2) is 0 Å². The second-order valence-corrected chi connectivity index (χ2v) is 7.67. The van der Waals surface area contributed by atoms with Crippen molar-refractivity contribution in [2.24, 2.45) is 5.92 Å². The molecule has 2 rings (SSSR count). The quantitative estimate of drug-likeness (QED) is 0.197. The largest absolute Gasteiger partial charge is 0.477 e. The molecule has 29 heavy (non-hydrogen) atoms. The summed E-state index contributed by atoms with van der Waals surface area (Å²) in [6.07, 6.45) is -13.1. The Kier molecular flexibility index (Phi) is 7.95. The van der Waals surface area contributed by atoms with Crippen LogP contribution in [-0.2, 0) is 19.0 Å². The predicted molar refractivity (Wildman–Crippen MR) is 92.4 cm³/mol. The summed E-state index contributed by atoms with van der Waals surface area (Å²) in [5.74, 6) is -4.87. The van der Waals surface area contributed by atoms with Crippen LogP contribution in [0, 0.1) is 5.92 Å². The smallest absolute Gasteiger partial charge is 0.364 e. The van der Waals surface area contributed by atoms with E-state index in [1.807, 2.05) is 0 Å². The second-order valence-electron chi connectivity index (χ2n) is 7.67. The number of aliphatic carboxylic acids is 1. The van der Waals surface area contributed by atoms with Gasteiger partial charge in [-0.25, -0.2) is 4.79 Å². The van der Waals surface area contributed by atoms with Crippen molar-refractivity contribution in [2.45, 2.75) is 81.0 Å². The molecule has 2 aliphatic heterocycles. The maximum atomic E-state index is 11.9. The van der Waals surface area contributed by atoms with Crippen LogP contribution in [0.2, 0.25) is 0 Å². The zero-order chi connectivity index (χ0) is 22.1. The molecule has 0 amide bonds. The van der Waals surface area contributed by atoms with Crippen LogP contribution in [0.3, 0.4) is 0 Å². The Morgan fingerprint density at radius 2 is 1.76 bits per heavy atom. The van der Waals surface area contributed by atoms with Crippen molar-refractivity contribution in [1.29, 1.82) is 0 Å². The van der Waals surface area contributed by atoms with E-state index in [1.165, 1.54) is 13.8 Å². The number of carbonyl (C=O) groups is 1. The molecule has 0 spiro atoms. The van der Waals surface area contributed by atoms with E-state index in [4.69, 9.17) is 19.3 Å². The lowest BCUT2D eigenvalue weighted by Crippen LogP contribution is -2.63. The average molecular weight is 426 g/mol. The van der Waals surface area contributed by atoms with Gasteiger partial charge < -0.3 is 55.1 Å². The normalized spacial score (nSPS) is 45.6. The molecule has 2 aliphatic rings. The van der Waals surface area contributed by atoms with Crippen molar-refractivity contribution in [3.63, 3.8) is 0 Å². The number of carboxylic acid groups (broad SMARTS) is 1. The summed E-state index contributed by atoms with van der Waals surface area (Å²) >= 11 is 0. The van der Waals surface area contributed by atoms with Crippen LogP contribution in [0.1, 0.15) is 20.3 Å². The van der Waals surface area contributed by atoms with Gasteiger partial charge in [0.15, 0.2) is 0 Å². The van der Waals surface area contributed by atoms with Crippen LogP contribution in [0.4, 0.5) is 0 Å². The topological polar surface area (TPSA) is 207 Å². The molecule has 8 N–H and O–H groups in total. The van der Waals surface area contributed by atoms with Crippen molar-refractivity contribution in [1.82, 2.24) is 0 Å². The molecule has 12 nitrogen and oxygen atoms in total. The fourth-order valence-corrected chi connectivity index (χ4v) is 3.55. The van der Waals surface area contributed by atoms with Crippen molar-refractivity contribution in [3.8, 4) is 0 Å². The molecule has 0 aromatic carbocycles. The first-order chi connectivity index (χ1) is 13.4. The molecule has 0 bridgehead atoms. The number of hydrogen-bond donors (Lipinski definition) is 8. The lowest BCUT2D eigenvalue weighted by atomic mass is 9.84. The first-order valence-electron chi connectivity index (χ1n) is 9.35. The van der Waals surface area contributed by atoms with Crippen molar-refractivity contribution in [2.75, 3.05) is 13.2 Å². The van der Waals surface area contributed by atoms with Crippen LogP contribution in [0.5, 0.6) is 0 Å². The molecule has 2 fully saturated rings. The zero-order valence-electron chi connectivity index (χ0n) is 16.1. The fourth-order valence-electron chi connectivity index (χ4n) is 3.55. The van der Waals surface area contributed by atoms with Crippen LogP contribution in [-0.4, -0.2) is 121 Å². The van der Waals surface area contributed by atoms with Gasteiger partial charge in [0, 0.05) is 12.3 Å². The highest BCUT2D eigenvalue weighted by atomic mass is 16.7. The molecule has 0 aliphatic carbocycles. The third kappa shape index (κ3) is 4.88. The van der Waals surface area contributed by atoms with Gasteiger partial charge in [-0.1, -0.05) is 6.92 Å². The minimum Gasteiger partial charge on any atom is -0.477 e. The fraction of sp³-hybridized carbons (Fsp3) is 0.941. The van der Waals surface area contributed by atoms with Gasteiger partial charge in [-0.15, -0.1) is 0 Å². The Morgan fingerprint density at radius 1 is 1.14 bits per heavy atom. The molecule has 2 heterocycles. The average Bonchev–Trinajstić information content (AvgIpc) is 2.69. The van der Waals surface area contributed by atoms with E-state index in [0.717, 1.165) is 0 Å². The van der Waals surface area contributed by atoms with Crippen LogP contribution < -0.4 is 0 Å². The van der Waals surface area contributed by atoms with Crippen LogP contribution in [0.25, 0.3) is 0 Å². The minimum absolute atomic E-state index is 0.522. The summed E-state index contributed by atoms with van der Waals surface area (Å²) in [6.45, 7) is 1.53. The summed E-state index contributed by atoms with van der Waals surface area (Å²) in [6, 6.07) is 0. The number of rotatable bonds is 7. The van der Waals surface area contributed by atoms with Crippen LogP contribution >= 0.6 is 0 Å². The number of ether oxygens (including phenoxy) is 3. The minimum atomic E-state index is -2.44. The molecular formula is C17H30O12. The number of hydrogen-bond acceptors (Lipinski definition) is 11. The summed E-state index contributed by atoms with van der Waals surface area (Å²) in [5, 5.41) is 78.6. The van der Waals surface area contributed by atoms with E-state index >= 15 is 0 Å². The summed E-state index contributed by atoms with van der Waals surface area (Å²) in [4.78, 5) is 11.9. The van der Waals surface area contributed by atoms with E-state index in [2.05, 4.69) is 0 Å². The second kappa shape index (κ2) is 9.47. The Balaban J connectivity index is 2.19. The van der Waals surface area contributed by atoms with Gasteiger partial charge in [0.25, 0.3) is 5.79 Å². The molecule has 3 unspecified atom stereocenters. The molecule has 11 atom stereocenters. The molecule has 170 valence electrons. The van der Waals surface area contributed by atoms with Gasteiger partial charge in [0.05, 0.1) is 31.5 Å². The summed E-state index contributed by atoms with van der Waals surface area (Å²) in [7, 11) is 0. The van der Waals surface area contributed by atoms with Gasteiger partial charge in [0.1, 0.15) is 36.6 Å². The highest BCUT2D eigenvalue weighted by Gasteiger charge is 2.55. The highest BCUT2D eigenvalue weighted by Crippen LogP contribution is 2.37. The third-order valence-corrected chi connectivity index (χ3v) is 5.61. The molecule has 0 aromatic rings. The van der Waals surface area contributed by atoms with E-state index in [9.17, 15) is 40.5 Å². The van der Waals surface area contributed by atoms with Crippen molar-refractivity contribution in [3.05, 3.63) is 0 Å². The number of aliphatic hydroxyl groups excluding tert-OH is 7. The molecule has 12 heteroatoms. The highest BCUT2D eigenvalue weighted by molar-refractivity contribution is 5.76. The van der Waals surface area contributed by atoms with E-state index in [1.54, 1.807) is 0 Å². The Bertz CT molecular complexity index is 561. The molecule has 2 saturated heterocycles. The molecule has 0 radical (unpaired) electrons. The summed E-state index contributed by atoms with van der Waals surface area (Å²) in [5.41, 5.74) is 0. The lowest BCUT2D eigenvalue weighted by Gasteiger charge is -2.46. The SMILES string of the molecule is C[C@@H]1OC(CO[C@]2(C(=O)O)C[C@@H](O)[C@@H](C)C([C@H](O)[C@H](O)CO)O2)[C@@H](O)[C@H](O)C1O. The first kappa shape index (κ1) is 24.3. The van der Waals surface area contributed by atoms with Gasteiger partial charge in [-0.05, 0) is 6.92 Å². The zero-order valence-corrected chi connectivity index (χ0v) is 16.1. The van der Waals surface area contributed by atoms with Gasteiger partial charge in [-0.2, -0.15) is 0 Å². The Morgan fingerprint density at radius 3 is 2.31 bits per heavy atom. The van der Waals surface area contributed by atoms with E-state index < -0.39 is 92.2 Å². The predicted octanol–water partition coefficient (Wildman–Crippen LogP) is -3.85. The summed E-state index contributed by atoms with van der Waals surface area (Å²) < 4.78 is 16.2. The third-order valence-electron chi connectivity index (χ3n) is 5.61. The number of carboxylic acids is 1. The maximum absolute atomic E-state index is 11.9.